The third-order valence-corrected chi connectivity index (χ3v) is 23.5. The number of hydrogen-bond acceptors (Lipinski definition) is 1. The Morgan fingerprint density at radius 2 is 1.16 bits per heavy atom. The lowest BCUT2D eigenvalue weighted by Gasteiger charge is -2.43. The zero-order valence-electron chi connectivity index (χ0n) is 42.9. The molecule has 0 unspecified atom stereocenters. The summed E-state index contributed by atoms with van der Waals surface area (Å²) in [5.74, 6) is 0.300. The Kier molecular flexibility index (Phi) is 9.31. The fourth-order valence-corrected chi connectivity index (χ4v) is 18.9. The summed E-state index contributed by atoms with van der Waals surface area (Å²) in [5, 5.41) is 4.65. The lowest BCUT2D eigenvalue weighted by molar-refractivity contribution is 0.331. The smallest absolute Gasteiger partial charge is 0.136 e. The van der Waals surface area contributed by atoms with E-state index in [2.05, 4.69) is 203 Å². The van der Waals surface area contributed by atoms with Crippen molar-refractivity contribution in [2.45, 2.75) is 142 Å². The Bertz CT molecular complexity index is 3500. The average molecular weight is 931 g/mol. The zero-order valence-corrected chi connectivity index (χ0v) is 44.7. The Morgan fingerprint density at radius 3 is 1.88 bits per heavy atom. The summed E-state index contributed by atoms with van der Waals surface area (Å²) in [6.07, 6.45) is 6.87. The zero-order chi connectivity index (χ0) is 47.7. The lowest BCUT2D eigenvalue weighted by Crippen LogP contribution is -2.56. The highest BCUT2D eigenvalue weighted by Gasteiger charge is 2.46. The van der Waals surface area contributed by atoms with Crippen LogP contribution in [0.1, 0.15) is 131 Å². The van der Waals surface area contributed by atoms with Gasteiger partial charge in [-0.1, -0.05) is 212 Å². The summed E-state index contributed by atoms with van der Waals surface area (Å²) in [6.45, 7) is 27.7. The quantitative estimate of drug-likeness (QED) is 0.154. The van der Waals surface area contributed by atoms with Crippen LogP contribution in [0.4, 0.5) is 0 Å². The second-order valence-corrected chi connectivity index (χ2v) is 30.7. The minimum Gasteiger partial charge on any atom is -0.136 e. The Morgan fingerprint density at radius 1 is 0.536 bits per heavy atom. The van der Waals surface area contributed by atoms with Crippen LogP contribution < -0.4 is 26.8 Å². The summed E-state index contributed by atoms with van der Waals surface area (Å²) in [4.78, 5) is 1.47. The predicted molar refractivity (Wildman–Crippen MR) is 303 cm³/mol. The molecule has 0 bridgehead atoms. The van der Waals surface area contributed by atoms with Gasteiger partial charge in [-0.25, -0.2) is 0 Å². The highest BCUT2D eigenvalue weighted by molar-refractivity contribution is 7.25. The van der Waals surface area contributed by atoms with Crippen LogP contribution in [0.15, 0.2) is 127 Å². The first kappa shape index (κ1) is 43.8. The molecule has 3 aliphatic heterocycles. The first-order valence-electron chi connectivity index (χ1n) is 26.2. The Hall–Kier alpha value is -5.22. The van der Waals surface area contributed by atoms with Gasteiger partial charge in [0.2, 0.25) is 6.71 Å². The van der Waals surface area contributed by atoms with E-state index >= 15 is 0 Å². The standard InChI is InChI=1S/C66H67BSSi/c1-39-30-44-33-42(32-43-34-51-52(64(4,5)27-26-63(51,2)3)36-48(43)40-18-13-12-14-19-40)49-37-53-54(66(8,9)29-28-65(53,6)7)38-55(49)67-60(44)50(31-39)47-21-17-22-56-59(47)61(67)62(68-56)41-24-25-46-45-20-15-16-23-57(45)69(10,11)58(46)35-41/h12-25,30-31,34-38,42H,26-29,32-33H2,1-11H3/t42-/m1/s1. The highest BCUT2D eigenvalue weighted by Crippen LogP contribution is 2.51. The van der Waals surface area contributed by atoms with Crippen LogP contribution in [0.25, 0.3) is 53.9 Å². The molecule has 1 atom stereocenters. The van der Waals surface area contributed by atoms with Crippen LogP contribution in [0.2, 0.25) is 13.1 Å². The number of rotatable bonds is 4. The van der Waals surface area contributed by atoms with Gasteiger partial charge in [0.15, 0.2) is 0 Å². The molecule has 4 heterocycles. The third kappa shape index (κ3) is 6.37. The molecule has 2 aliphatic carbocycles. The molecular formula is C66H67BSSi. The summed E-state index contributed by atoms with van der Waals surface area (Å²) in [5.41, 5.74) is 27.4. The Balaban J connectivity index is 1.09. The molecule has 0 N–H and O–H groups in total. The molecule has 0 spiro atoms. The van der Waals surface area contributed by atoms with Crippen LogP contribution in [-0.2, 0) is 34.5 Å². The normalized spacial score (nSPS) is 20.0. The SMILES string of the molecule is Cc1cc2c3c(c1)-c1cccc4sc(-c5ccc6c(c5)[Si](C)(C)c5ccccc5-6)c(c14)B3c1cc3c(cc1[C@H](Cc1cc4c(cc1-c1ccccc1)C(C)(C)CCC4(C)C)C2)C(C)(C)CCC3(C)C. The van der Waals surface area contributed by atoms with Gasteiger partial charge in [-0.15, -0.1) is 11.3 Å². The van der Waals surface area contributed by atoms with Gasteiger partial charge in [0, 0.05) is 9.58 Å². The van der Waals surface area contributed by atoms with Crippen molar-refractivity contribution in [2.24, 2.45) is 0 Å². The second-order valence-electron chi connectivity index (χ2n) is 25.4. The summed E-state index contributed by atoms with van der Waals surface area (Å²) in [7, 11) is -1.91. The topological polar surface area (TPSA) is 0 Å². The Labute approximate surface area is 417 Å². The van der Waals surface area contributed by atoms with Crippen LogP contribution >= 0.6 is 11.3 Å². The van der Waals surface area contributed by atoms with Gasteiger partial charge in [-0.2, -0.15) is 0 Å². The van der Waals surface area contributed by atoms with Crippen LogP contribution in [0, 0.1) is 6.92 Å². The molecule has 3 heteroatoms. The minimum atomic E-state index is -1.91. The molecule has 1 aromatic heterocycles. The van der Waals surface area contributed by atoms with Crippen molar-refractivity contribution in [1.29, 1.82) is 0 Å². The molecule has 0 saturated heterocycles. The van der Waals surface area contributed by atoms with E-state index in [1.807, 2.05) is 11.3 Å². The van der Waals surface area contributed by atoms with Gasteiger partial charge in [0.25, 0.3) is 0 Å². The van der Waals surface area contributed by atoms with E-state index in [1.165, 1.54) is 90.7 Å². The number of benzene rings is 7. The van der Waals surface area contributed by atoms with Crippen LogP contribution in [0.3, 0.4) is 0 Å². The maximum atomic E-state index is 2.80. The van der Waals surface area contributed by atoms with E-state index in [4.69, 9.17) is 0 Å². The first-order valence-corrected chi connectivity index (χ1v) is 30.0. The van der Waals surface area contributed by atoms with E-state index in [9.17, 15) is 0 Å². The van der Waals surface area contributed by atoms with Gasteiger partial charge in [-0.3, -0.25) is 0 Å². The molecule has 8 aromatic rings. The maximum Gasteiger partial charge on any atom is 0.245 e. The lowest BCUT2D eigenvalue weighted by atomic mass is 9.32. The largest absolute Gasteiger partial charge is 0.245 e. The van der Waals surface area contributed by atoms with E-state index in [0.717, 1.165) is 12.8 Å². The fraction of sp³-hybridized carbons (Fsp3) is 0.333. The van der Waals surface area contributed by atoms with E-state index < -0.39 is 8.07 Å². The highest BCUT2D eigenvalue weighted by atomic mass is 32.1. The van der Waals surface area contributed by atoms with Gasteiger partial charge >= 0.3 is 0 Å². The molecule has 344 valence electrons. The van der Waals surface area contributed by atoms with Crippen molar-refractivity contribution in [1.82, 2.24) is 0 Å². The minimum absolute atomic E-state index is 0.0859. The molecule has 13 rings (SSSR count). The second kappa shape index (κ2) is 14.7. The molecule has 0 saturated carbocycles. The van der Waals surface area contributed by atoms with Gasteiger partial charge in [0.05, 0.1) is 0 Å². The average Bonchev–Trinajstić information content (AvgIpc) is 3.77. The van der Waals surface area contributed by atoms with Crippen molar-refractivity contribution in [2.75, 3.05) is 0 Å². The number of fused-ring (bicyclic) bond motifs is 9. The molecule has 0 nitrogen and oxygen atoms in total. The number of thiophene rings is 1. The van der Waals surface area contributed by atoms with Crippen LogP contribution in [-0.4, -0.2) is 14.8 Å². The maximum absolute atomic E-state index is 2.80. The van der Waals surface area contributed by atoms with E-state index in [0.29, 0.717) is 5.92 Å². The monoisotopic (exact) mass is 930 g/mol. The number of hydrogen-bond donors (Lipinski definition) is 0. The van der Waals surface area contributed by atoms with Crippen molar-refractivity contribution in [3.63, 3.8) is 0 Å². The van der Waals surface area contributed by atoms with E-state index in [-0.39, 0.29) is 28.4 Å². The summed E-state index contributed by atoms with van der Waals surface area (Å²) in [6, 6.07) is 51.6. The van der Waals surface area contributed by atoms with Gasteiger partial charge in [-0.05, 0) is 173 Å². The number of aryl methyl sites for hydroxylation is 1. The van der Waals surface area contributed by atoms with Crippen molar-refractivity contribution < 1.29 is 0 Å². The predicted octanol–water partition coefficient (Wildman–Crippen LogP) is 14.4. The van der Waals surface area contributed by atoms with Crippen molar-refractivity contribution >= 4 is 63.0 Å². The molecule has 69 heavy (non-hydrogen) atoms. The third-order valence-electron chi connectivity index (χ3n) is 18.8. The summed E-state index contributed by atoms with van der Waals surface area (Å²) < 4.78 is 1.42. The van der Waals surface area contributed by atoms with Crippen LogP contribution in [0.5, 0.6) is 0 Å². The molecule has 0 amide bonds. The molecule has 7 aromatic carbocycles. The first-order chi connectivity index (χ1) is 32.8. The van der Waals surface area contributed by atoms with Crippen molar-refractivity contribution in [3.05, 3.63) is 172 Å². The molecular weight excluding hydrogens is 864 g/mol. The molecule has 5 aliphatic rings. The molecule has 0 radical (unpaired) electrons. The van der Waals surface area contributed by atoms with Gasteiger partial charge < -0.3 is 0 Å². The van der Waals surface area contributed by atoms with E-state index in [1.54, 1.807) is 60.1 Å². The molecule has 0 fully saturated rings. The van der Waals surface area contributed by atoms with Gasteiger partial charge in [0.1, 0.15) is 8.07 Å². The summed E-state index contributed by atoms with van der Waals surface area (Å²) >= 11 is 2.05. The fourth-order valence-electron chi connectivity index (χ4n) is 14.6. The van der Waals surface area contributed by atoms with Crippen molar-refractivity contribution in [3.8, 4) is 43.8 Å².